The molecule has 10 heteroatoms. The Morgan fingerprint density at radius 2 is 1.90 bits per heavy atom. The number of hydrogen-bond acceptors (Lipinski definition) is 8. The van der Waals surface area contributed by atoms with Gasteiger partial charge in [-0.25, -0.2) is 14.8 Å². The van der Waals surface area contributed by atoms with Crippen molar-refractivity contribution in [2.45, 2.75) is 0 Å². The first-order chi connectivity index (χ1) is 14.1. The molecule has 0 radical (unpaired) electrons. The third kappa shape index (κ3) is 4.00. The Kier molecular flexibility index (Phi) is 5.06. The van der Waals surface area contributed by atoms with Crippen molar-refractivity contribution in [3.05, 3.63) is 49.2 Å². The Bertz CT molecular complexity index is 992. The average molecular weight is 392 g/mol. The summed E-state index contributed by atoms with van der Waals surface area (Å²) in [5.74, 6) is 1.07. The van der Waals surface area contributed by atoms with E-state index in [9.17, 15) is 9.90 Å². The molecule has 148 valence electrons. The molecule has 3 aromatic rings. The van der Waals surface area contributed by atoms with Gasteiger partial charge in [0.15, 0.2) is 5.82 Å². The zero-order valence-corrected chi connectivity index (χ0v) is 15.6. The van der Waals surface area contributed by atoms with Crippen LogP contribution in [0.3, 0.4) is 0 Å². The van der Waals surface area contributed by atoms with Crippen molar-refractivity contribution in [1.82, 2.24) is 24.8 Å². The zero-order valence-electron chi connectivity index (χ0n) is 15.6. The van der Waals surface area contributed by atoms with Crippen LogP contribution >= 0.6 is 0 Å². The summed E-state index contributed by atoms with van der Waals surface area (Å²) in [5, 5.41) is 12.4. The van der Waals surface area contributed by atoms with Crippen LogP contribution in [0.2, 0.25) is 0 Å². The molecule has 1 saturated heterocycles. The summed E-state index contributed by atoms with van der Waals surface area (Å²) in [5.41, 5.74) is 9.20. The standard InChI is InChI=1S/C19H20N8O2/c20-14-10-15(13-2-1-3-21-11-13)24-18(25-16-12-22-4-5-23-16)17(14)26-6-8-27(9-7-26)19(28)29/h1-5,10-12H,6-9H2,(H,28,29)(H3,20,23,24,25). The first-order valence-corrected chi connectivity index (χ1v) is 9.08. The van der Waals surface area contributed by atoms with Crippen molar-refractivity contribution in [3.8, 4) is 11.3 Å². The van der Waals surface area contributed by atoms with Crippen molar-refractivity contribution < 1.29 is 9.90 Å². The minimum atomic E-state index is -0.916. The van der Waals surface area contributed by atoms with Gasteiger partial charge >= 0.3 is 6.09 Å². The predicted molar refractivity (Wildman–Crippen MR) is 109 cm³/mol. The molecule has 0 aromatic carbocycles. The lowest BCUT2D eigenvalue weighted by Crippen LogP contribution is -2.48. The van der Waals surface area contributed by atoms with Crippen molar-refractivity contribution in [1.29, 1.82) is 0 Å². The molecule has 0 aliphatic carbocycles. The van der Waals surface area contributed by atoms with E-state index in [0.29, 0.717) is 54.9 Å². The van der Waals surface area contributed by atoms with E-state index in [2.05, 4.69) is 20.3 Å². The molecule has 1 aliphatic rings. The van der Waals surface area contributed by atoms with Crippen molar-refractivity contribution >= 4 is 29.1 Å². The molecule has 0 bridgehead atoms. The lowest BCUT2D eigenvalue weighted by atomic mass is 10.1. The summed E-state index contributed by atoms with van der Waals surface area (Å²) < 4.78 is 0. The number of nitrogens with two attached hydrogens (primary N) is 1. The number of carboxylic acid groups (broad SMARTS) is 1. The van der Waals surface area contributed by atoms with Crippen molar-refractivity contribution in [2.75, 3.05) is 42.1 Å². The number of rotatable bonds is 4. The quantitative estimate of drug-likeness (QED) is 0.610. The lowest BCUT2D eigenvalue weighted by Gasteiger charge is -2.36. The topological polar surface area (TPSA) is 133 Å². The summed E-state index contributed by atoms with van der Waals surface area (Å²) in [7, 11) is 0. The first-order valence-electron chi connectivity index (χ1n) is 9.08. The molecule has 1 aliphatic heterocycles. The predicted octanol–water partition coefficient (Wildman–Crippen LogP) is 2.06. The second-order valence-corrected chi connectivity index (χ2v) is 6.51. The molecular weight excluding hydrogens is 372 g/mol. The number of hydrogen-bond donors (Lipinski definition) is 3. The normalized spacial score (nSPS) is 13.9. The van der Waals surface area contributed by atoms with Crippen molar-refractivity contribution in [2.24, 2.45) is 0 Å². The van der Waals surface area contributed by atoms with Gasteiger partial charge in [-0.15, -0.1) is 0 Å². The number of aromatic nitrogens is 4. The van der Waals surface area contributed by atoms with E-state index >= 15 is 0 Å². The monoisotopic (exact) mass is 392 g/mol. The molecule has 0 spiro atoms. The van der Waals surface area contributed by atoms with Gasteiger partial charge < -0.3 is 26.0 Å². The van der Waals surface area contributed by atoms with E-state index in [-0.39, 0.29) is 0 Å². The largest absolute Gasteiger partial charge is 0.465 e. The highest BCUT2D eigenvalue weighted by Crippen LogP contribution is 2.36. The van der Waals surface area contributed by atoms with E-state index < -0.39 is 6.09 Å². The third-order valence-electron chi connectivity index (χ3n) is 4.66. The molecule has 1 fully saturated rings. The minimum absolute atomic E-state index is 0.393. The Labute approximate surface area is 167 Å². The minimum Gasteiger partial charge on any atom is -0.465 e. The average Bonchev–Trinajstić information content (AvgIpc) is 2.75. The van der Waals surface area contributed by atoms with Crippen LogP contribution in [0, 0.1) is 0 Å². The Balaban J connectivity index is 1.72. The molecule has 1 amide bonds. The number of nitrogens with zero attached hydrogens (tertiary/aromatic N) is 6. The summed E-state index contributed by atoms with van der Waals surface area (Å²) in [6, 6.07) is 5.55. The first kappa shape index (κ1) is 18.4. The van der Waals surface area contributed by atoms with Crippen LogP contribution in [-0.4, -0.2) is 62.2 Å². The molecule has 3 aromatic heterocycles. The van der Waals surface area contributed by atoms with Crippen LogP contribution < -0.4 is 16.0 Å². The summed E-state index contributed by atoms with van der Waals surface area (Å²) >= 11 is 0. The number of nitrogens with one attached hydrogen (secondary N) is 1. The molecule has 0 unspecified atom stereocenters. The van der Waals surface area contributed by atoms with Crippen LogP contribution in [0.15, 0.2) is 49.2 Å². The van der Waals surface area contributed by atoms with Crippen LogP contribution in [0.1, 0.15) is 0 Å². The third-order valence-corrected chi connectivity index (χ3v) is 4.66. The van der Waals surface area contributed by atoms with E-state index in [1.54, 1.807) is 37.1 Å². The van der Waals surface area contributed by atoms with Gasteiger partial charge in [0.05, 0.1) is 17.6 Å². The Morgan fingerprint density at radius 3 is 2.55 bits per heavy atom. The highest BCUT2D eigenvalue weighted by atomic mass is 16.4. The van der Waals surface area contributed by atoms with Gasteiger partial charge in [-0.3, -0.25) is 9.97 Å². The summed E-state index contributed by atoms with van der Waals surface area (Å²) in [6.45, 7) is 1.81. The van der Waals surface area contributed by atoms with Gasteiger partial charge in [-0.05, 0) is 18.2 Å². The van der Waals surface area contributed by atoms with Crippen LogP contribution in [0.5, 0.6) is 0 Å². The molecule has 0 atom stereocenters. The Morgan fingerprint density at radius 1 is 1.10 bits per heavy atom. The zero-order chi connectivity index (χ0) is 20.2. The maximum atomic E-state index is 11.2. The van der Waals surface area contributed by atoms with Gasteiger partial charge in [0.2, 0.25) is 0 Å². The summed E-state index contributed by atoms with van der Waals surface area (Å²) in [6.07, 6.45) is 7.27. The molecule has 4 heterocycles. The van der Waals surface area contributed by atoms with E-state index in [1.807, 2.05) is 17.0 Å². The second kappa shape index (κ2) is 7.97. The highest BCUT2D eigenvalue weighted by Gasteiger charge is 2.25. The van der Waals surface area contributed by atoms with Crippen LogP contribution in [0.25, 0.3) is 11.3 Å². The Hall–Kier alpha value is -3.95. The van der Waals surface area contributed by atoms with E-state index in [4.69, 9.17) is 10.7 Å². The van der Waals surface area contributed by atoms with Gasteiger partial charge in [-0.1, -0.05) is 0 Å². The fraction of sp³-hybridized carbons (Fsp3) is 0.211. The molecule has 4 N–H and O–H groups in total. The van der Waals surface area contributed by atoms with Gasteiger partial charge in [0, 0.05) is 56.5 Å². The van der Waals surface area contributed by atoms with Gasteiger partial charge in [0.25, 0.3) is 0 Å². The van der Waals surface area contributed by atoms with Gasteiger partial charge in [0.1, 0.15) is 11.5 Å². The number of nitrogen functional groups attached to an aromatic ring is 1. The molecular formula is C19H20N8O2. The number of amides is 1. The second-order valence-electron chi connectivity index (χ2n) is 6.51. The number of piperazine rings is 1. The molecule has 29 heavy (non-hydrogen) atoms. The maximum absolute atomic E-state index is 11.2. The smallest absolute Gasteiger partial charge is 0.407 e. The number of pyridine rings is 2. The maximum Gasteiger partial charge on any atom is 0.407 e. The molecule has 4 rings (SSSR count). The number of carbonyl (C=O) groups is 1. The van der Waals surface area contributed by atoms with Crippen molar-refractivity contribution in [3.63, 3.8) is 0 Å². The highest BCUT2D eigenvalue weighted by molar-refractivity contribution is 5.85. The van der Waals surface area contributed by atoms with Crippen LogP contribution in [0.4, 0.5) is 27.8 Å². The van der Waals surface area contributed by atoms with E-state index in [1.165, 1.54) is 4.90 Å². The molecule has 10 nitrogen and oxygen atoms in total. The fourth-order valence-electron chi connectivity index (χ4n) is 3.25. The van der Waals surface area contributed by atoms with Crippen LogP contribution in [-0.2, 0) is 0 Å². The lowest BCUT2D eigenvalue weighted by molar-refractivity contribution is 0.142. The number of anilines is 4. The molecule has 0 saturated carbocycles. The van der Waals surface area contributed by atoms with E-state index in [0.717, 1.165) is 5.56 Å². The fourth-order valence-corrected chi connectivity index (χ4v) is 3.25. The summed E-state index contributed by atoms with van der Waals surface area (Å²) in [4.78, 5) is 31.9. The van der Waals surface area contributed by atoms with Gasteiger partial charge in [-0.2, -0.15) is 0 Å². The SMILES string of the molecule is Nc1cc(-c2cccnc2)nc(Nc2cnccn2)c1N1CCN(C(=O)O)CC1.